The zero-order chi connectivity index (χ0) is 28.2. The Morgan fingerprint density at radius 1 is 1.05 bits per heavy atom. The predicted octanol–water partition coefficient (Wildman–Crippen LogP) is 0.157. The van der Waals surface area contributed by atoms with E-state index in [1.807, 2.05) is 30.3 Å². The number of carbonyl (C=O) groups is 5. The van der Waals surface area contributed by atoms with Crippen LogP contribution in [0, 0.1) is 23.7 Å². The first-order valence-corrected chi connectivity index (χ1v) is 12.9. The number of likely N-dealkylation sites (N-methyl/N-ethyl adjacent to an activating group) is 1. The van der Waals surface area contributed by atoms with Crippen LogP contribution in [-0.4, -0.2) is 69.9 Å². The average Bonchev–Trinajstić information content (AvgIpc) is 2.87. The maximum absolute atomic E-state index is 13.8. The van der Waals surface area contributed by atoms with Crippen LogP contribution in [0.3, 0.4) is 0 Å². The van der Waals surface area contributed by atoms with Gasteiger partial charge in [0.1, 0.15) is 5.75 Å². The number of fused-ring (bicyclic) bond motifs is 3. The van der Waals surface area contributed by atoms with Crippen molar-refractivity contribution in [2.24, 2.45) is 29.4 Å². The van der Waals surface area contributed by atoms with Gasteiger partial charge in [-0.05, 0) is 55.6 Å². The number of aliphatic hydroxyl groups is 1. The van der Waals surface area contributed by atoms with Crippen molar-refractivity contribution in [3.8, 4) is 5.75 Å². The van der Waals surface area contributed by atoms with Gasteiger partial charge in [0.05, 0.1) is 17.5 Å². The minimum absolute atomic E-state index is 0.000562. The maximum Gasteiger partial charge on any atom is 0.235 e. The van der Waals surface area contributed by atoms with E-state index >= 15 is 0 Å². The zero-order valence-corrected chi connectivity index (χ0v) is 21.7. The van der Waals surface area contributed by atoms with Crippen LogP contribution >= 0.6 is 0 Å². The van der Waals surface area contributed by atoms with Crippen LogP contribution in [0.2, 0.25) is 0 Å². The lowest BCUT2D eigenvalue weighted by atomic mass is 9.52. The summed E-state index contributed by atoms with van der Waals surface area (Å²) in [5.41, 5.74) is 5.09. The van der Waals surface area contributed by atoms with Crippen LogP contribution in [0.15, 0.2) is 42.5 Å². The number of benzene rings is 2. The fourth-order valence-electron chi connectivity index (χ4n) is 6.77. The monoisotopic (exact) mass is 533 g/mol. The smallest absolute Gasteiger partial charge is 0.235 e. The summed E-state index contributed by atoms with van der Waals surface area (Å²) in [4.78, 5) is 67.6. The number of phenols is 1. The lowest BCUT2D eigenvalue weighted by Gasteiger charge is -2.52. The summed E-state index contributed by atoms with van der Waals surface area (Å²) in [6.45, 7) is 0.987. The number of nitrogens with one attached hydrogen (secondary N) is 1. The second kappa shape index (κ2) is 9.78. The fraction of sp³-hybridized carbons (Fsp3) is 0.414. The molecule has 0 saturated heterocycles. The van der Waals surface area contributed by atoms with Crippen molar-refractivity contribution in [3.63, 3.8) is 0 Å². The SMILES string of the molecule is CN(C)[C@@H]1C(=O)C(C(N)=O)C(=O)[C@@]2(O)C(=O)C3C(=O)c4c(O)ccc(CNCc5ccccc5)c4C[C@H]3C[C@@H]12. The Labute approximate surface area is 225 Å². The minimum Gasteiger partial charge on any atom is -0.507 e. The summed E-state index contributed by atoms with van der Waals surface area (Å²) in [6, 6.07) is 11.8. The molecule has 0 aromatic heterocycles. The number of ketones is 4. The van der Waals surface area contributed by atoms with Gasteiger partial charge in [0, 0.05) is 19.0 Å². The number of hydrogen-bond acceptors (Lipinski definition) is 9. The first kappa shape index (κ1) is 26.9. The lowest BCUT2D eigenvalue weighted by Crippen LogP contribution is -2.74. The van der Waals surface area contributed by atoms with Crippen molar-refractivity contribution in [1.29, 1.82) is 0 Å². The van der Waals surface area contributed by atoms with Gasteiger partial charge in [0.25, 0.3) is 0 Å². The third-order valence-electron chi connectivity index (χ3n) is 8.53. The third-order valence-corrected chi connectivity index (χ3v) is 8.53. The molecule has 0 aliphatic heterocycles. The highest BCUT2D eigenvalue weighted by atomic mass is 16.3. The molecule has 204 valence electrons. The molecular weight excluding hydrogens is 502 g/mol. The summed E-state index contributed by atoms with van der Waals surface area (Å²) in [7, 11) is 3.12. The van der Waals surface area contributed by atoms with Crippen LogP contribution in [0.1, 0.15) is 33.5 Å². The van der Waals surface area contributed by atoms with Gasteiger partial charge in [0.2, 0.25) is 5.91 Å². The molecule has 0 radical (unpaired) electrons. The summed E-state index contributed by atoms with van der Waals surface area (Å²) < 4.78 is 0. The van der Waals surface area contributed by atoms with Crippen molar-refractivity contribution in [2.75, 3.05) is 14.1 Å². The molecule has 3 aliphatic rings. The average molecular weight is 534 g/mol. The van der Waals surface area contributed by atoms with Crippen molar-refractivity contribution in [3.05, 3.63) is 64.7 Å². The molecule has 0 spiro atoms. The van der Waals surface area contributed by atoms with Crippen LogP contribution in [0.4, 0.5) is 0 Å². The molecule has 5 N–H and O–H groups in total. The number of Topliss-reactive ketones (excluding diaryl/α,β-unsaturated/α-hetero) is 4. The van der Waals surface area contributed by atoms with Gasteiger partial charge >= 0.3 is 0 Å². The van der Waals surface area contributed by atoms with Crippen LogP contribution in [-0.2, 0) is 38.7 Å². The first-order chi connectivity index (χ1) is 18.5. The third kappa shape index (κ3) is 4.10. The van der Waals surface area contributed by atoms with Gasteiger partial charge in [0.15, 0.2) is 34.7 Å². The Morgan fingerprint density at radius 3 is 2.38 bits per heavy atom. The van der Waals surface area contributed by atoms with E-state index in [4.69, 9.17) is 5.73 Å². The van der Waals surface area contributed by atoms with Crippen molar-refractivity contribution in [2.45, 2.75) is 37.6 Å². The first-order valence-electron chi connectivity index (χ1n) is 12.9. The molecule has 5 rings (SSSR count). The Morgan fingerprint density at radius 2 is 1.74 bits per heavy atom. The normalized spacial score (nSPS) is 30.1. The molecule has 2 aromatic carbocycles. The van der Waals surface area contributed by atoms with Gasteiger partial charge in [-0.2, -0.15) is 0 Å². The van der Waals surface area contributed by atoms with E-state index in [1.165, 1.54) is 11.0 Å². The predicted molar refractivity (Wildman–Crippen MR) is 138 cm³/mol. The number of nitrogens with zero attached hydrogens (tertiary/aromatic N) is 1. The number of rotatable bonds is 6. The molecule has 2 aromatic rings. The van der Waals surface area contributed by atoms with Gasteiger partial charge in [-0.15, -0.1) is 0 Å². The molecule has 2 fully saturated rings. The second-order valence-corrected chi connectivity index (χ2v) is 11.0. The summed E-state index contributed by atoms with van der Waals surface area (Å²) in [6.07, 6.45) is 0.263. The second-order valence-electron chi connectivity index (χ2n) is 11.0. The molecule has 6 atom stereocenters. The number of amides is 1. The van der Waals surface area contributed by atoms with Crippen molar-refractivity contribution >= 4 is 29.0 Å². The molecule has 39 heavy (non-hydrogen) atoms. The van der Waals surface area contributed by atoms with Gasteiger partial charge in [-0.1, -0.05) is 36.4 Å². The molecule has 1 amide bonds. The highest BCUT2D eigenvalue weighted by molar-refractivity contribution is 6.32. The number of hydrogen-bond donors (Lipinski definition) is 4. The van der Waals surface area contributed by atoms with E-state index in [2.05, 4.69) is 5.32 Å². The molecule has 0 bridgehead atoms. The number of primary amides is 1. The van der Waals surface area contributed by atoms with E-state index in [0.717, 1.165) is 11.1 Å². The molecule has 2 unspecified atom stereocenters. The highest BCUT2D eigenvalue weighted by Gasteiger charge is 2.69. The van der Waals surface area contributed by atoms with Crippen molar-refractivity contribution < 1.29 is 34.2 Å². The molecule has 10 nitrogen and oxygen atoms in total. The Hall–Kier alpha value is -3.73. The Bertz CT molecular complexity index is 1390. The number of carbonyl (C=O) groups excluding carboxylic acids is 5. The summed E-state index contributed by atoms with van der Waals surface area (Å²) >= 11 is 0. The quantitative estimate of drug-likeness (QED) is 0.378. The van der Waals surface area contributed by atoms with Gasteiger partial charge in [-0.25, -0.2) is 0 Å². The topological polar surface area (TPSA) is 167 Å². The molecular formula is C29H31N3O7. The number of nitrogens with two attached hydrogens (primary N) is 1. The molecule has 10 heteroatoms. The highest BCUT2D eigenvalue weighted by Crippen LogP contribution is 2.51. The molecule has 0 heterocycles. The Kier molecular flexibility index (Phi) is 6.74. The Balaban J connectivity index is 1.51. The standard InChI is InChI=1S/C29H31N3O7/c1-32(2)23-18-11-16-10-17-15(13-31-12-14-6-4-3-5-7-14)8-9-19(33)21(17)24(34)20(16)26(36)29(18,39)27(37)22(25(23)35)28(30)38/h3-9,16,18,20,22-23,31,33,39H,10-13H2,1-2H3,(H2,30,38)/t16-,18-,20?,22?,23-,29-/m0/s1. The largest absolute Gasteiger partial charge is 0.507 e. The van der Waals surface area contributed by atoms with E-state index < -0.39 is 64.4 Å². The van der Waals surface area contributed by atoms with E-state index in [-0.39, 0.29) is 24.2 Å². The summed E-state index contributed by atoms with van der Waals surface area (Å²) in [5.74, 6) is -10.4. The van der Waals surface area contributed by atoms with Crippen LogP contribution in [0.25, 0.3) is 0 Å². The van der Waals surface area contributed by atoms with Crippen LogP contribution in [0.5, 0.6) is 5.75 Å². The fourth-order valence-corrected chi connectivity index (χ4v) is 6.77. The van der Waals surface area contributed by atoms with E-state index in [1.54, 1.807) is 20.2 Å². The van der Waals surface area contributed by atoms with E-state index in [0.29, 0.717) is 18.7 Å². The maximum atomic E-state index is 13.8. The number of aromatic hydroxyl groups is 1. The van der Waals surface area contributed by atoms with Gasteiger partial charge < -0.3 is 21.3 Å². The lowest BCUT2D eigenvalue weighted by molar-refractivity contribution is -0.181. The molecule has 3 aliphatic carbocycles. The zero-order valence-electron chi connectivity index (χ0n) is 21.7. The van der Waals surface area contributed by atoms with Gasteiger partial charge in [-0.3, -0.25) is 28.9 Å². The van der Waals surface area contributed by atoms with Crippen LogP contribution < -0.4 is 11.1 Å². The molecule has 2 saturated carbocycles. The number of phenolic OH excluding ortho intramolecular Hbond substituents is 1. The summed E-state index contributed by atoms with van der Waals surface area (Å²) in [5, 5.41) is 25.6. The minimum atomic E-state index is -2.72. The van der Waals surface area contributed by atoms with E-state index in [9.17, 15) is 34.2 Å². The van der Waals surface area contributed by atoms with Crippen molar-refractivity contribution in [1.82, 2.24) is 10.2 Å².